The molecule has 0 unspecified atom stereocenters. The Morgan fingerprint density at radius 2 is 1.92 bits per heavy atom. The molecule has 0 saturated carbocycles. The van der Waals surface area contributed by atoms with Crippen LogP contribution in [0.5, 0.6) is 5.75 Å². The van der Waals surface area contributed by atoms with Gasteiger partial charge in [-0.25, -0.2) is 17.4 Å². The summed E-state index contributed by atoms with van der Waals surface area (Å²) in [4.78, 5) is 0. The fourth-order valence-electron chi connectivity index (χ4n) is 2.83. The maximum absolute atomic E-state index is 12.2. The first kappa shape index (κ1) is 17.8. The number of piperidine rings is 1. The van der Waals surface area contributed by atoms with Crippen molar-refractivity contribution in [2.45, 2.75) is 38.7 Å². The maximum Gasteiger partial charge on any atom is 0.214 e. The van der Waals surface area contributed by atoms with Crippen LogP contribution in [0.3, 0.4) is 0 Å². The number of tetrazole rings is 1. The lowest BCUT2D eigenvalue weighted by Crippen LogP contribution is -2.42. The van der Waals surface area contributed by atoms with Gasteiger partial charge in [0, 0.05) is 13.1 Å². The van der Waals surface area contributed by atoms with Crippen molar-refractivity contribution in [2.75, 3.05) is 18.8 Å². The van der Waals surface area contributed by atoms with Crippen LogP contribution in [0.15, 0.2) is 30.6 Å². The van der Waals surface area contributed by atoms with Crippen LogP contribution >= 0.6 is 0 Å². The summed E-state index contributed by atoms with van der Waals surface area (Å²) in [5, 5.41) is 11.1. The molecule has 8 nitrogen and oxygen atoms in total. The summed E-state index contributed by atoms with van der Waals surface area (Å²) >= 11 is 0. The number of ether oxygens (including phenoxy) is 1. The van der Waals surface area contributed by atoms with Crippen molar-refractivity contribution in [3.05, 3.63) is 30.6 Å². The molecule has 1 saturated heterocycles. The van der Waals surface area contributed by atoms with Crippen molar-refractivity contribution in [1.29, 1.82) is 0 Å². The number of hydrogen-bond donors (Lipinski definition) is 0. The van der Waals surface area contributed by atoms with E-state index in [1.807, 2.05) is 31.2 Å². The Bertz CT molecular complexity index is 754. The molecule has 0 bridgehead atoms. The van der Waals surface area contributed by atoms with Crippen LogP contribution in [0.25, 0.3) is 5.69 Å². The van der Waals surface area contributed by atoms with Crippen molar-refractivity contribution in [3.8, 4) is 11.4 Å². The van der Waals surface area contributed by atoms with E-state index in [1.54, 1.807) is 8.99 Å². The van der Waals surface area contributed by atoms with E-state index < -0.39 is 10.0 Å². The first-order valence-corrected chi connectivity index (χ1v) is 10.2. The predicted octanol–water partition coefficient (Wildman–Crippen LogP) is 1.64. The monoisotopic (exact) mass is 365 g/mol. The molecule has 0 N–H and O–H groups in total. The molecule has 0 atom stereocenters. The Balaban J connectivity index is 1.52. The minimum Gasteiger partial charge on any atom is -0.490 e. The Morgan fingerprint density at radius 1 is 1.20 bits per heavy atom. The molecular formula is C16H23N5O3S. The van der Waals surface area contributed by atoms with Gasteiger partial charge in [0.05, 0.1) is 11.4 Å². The number of nitrogens with zero attached hydrogens (tertiary/aromatic N) is 5. The topological polar surface area (TPSA) is 90.2 Å². The van der Waals surface area contributed by atoms with Gasteiger partial charge in [-0.1, -0.05) is 13.3 Å². The van der Waals surface area contributed by atoms with Gasteiger partial charge < -0.3 is 4.74 Å². The highest BCUT2D eigenvalue weighted by atomic mass is 32.2. The molecule has 1 aliphatic heterocycles. The molecule has 2 aromatic rings. The average molecular weight is 365 g/mol. The minimum absolute atomic E-state index is 0.0384. The first-order chi connectivity index (χ1) is 12.1. The second kappa shape index (κ2) is 7.92. The third-order valence-electron chi connectivity index (χ3n) is 4.30. The molecule has 1 aliphatic rings. The van der Waals surface area contributed by atoms with Crippen molar-refractivity contribution >= 4 is 10.0 Å². The quantitative estimate of drug-likeness (QED) is 0.741. The highest BCUT2D eigenvalue weighted by Crippen LogP contribution is 2.22. The standard InChI is InChI=1S/C16H23N5O3S/c1-2-3-12-25(22,23)20-10-8-16(9-11-20)24-15-6-4-14(5-7-15)21-13-17-18-19-21/h4-7,13,16H,2-3,8-12H2,1H3. The van der Waals surface area contributed by atoms with Gasteiger partial charge in [-0.15, -0.1) is 5.10 Å². The van der Waals surface area contributed by atoms with Gasteiger partial charge in [-0.2, -0.15) is 0 Å². The number of rotatable bonds is 7. The number of unbranched alkanes of at least 4 members (excludes halogenated alkanes) is 1. The van der Waals surface area contributed by atoms with Crippen LogP contribution in [-0.4, -0.2) is 57.9 Å². The number of benzene rings is 1. The molecule has 9 heteroatoms. The fraction of sp³-hybridized carbons (Fsp3) is 0.562. The minimum atomic E-state index is -3.12. The van der Waals surface area contributed by atoms with Crippen molar-refractivity contribution in [2.24, 2.45) is 0 Å². The molecule has 0 spiro atoms. The van der Waals surface area contributed by atoms with Crippen LogP contribution in [0.2, 0.25) is 0 Å². The average Bonchev–Trinajstić information content (AvgIpc) is 3.16. The summed E-state index contributed by atoms with van der Waals surface area (Å²) in [5.74, 6) is 1.01. The lowest BCUT2D eigenvalue weighted by Gasteiger charge is -2.31. The first-order valence-electron chi connectivity index (χ1n) is 8.56. The van der Waals surface area contributed by atoms with E-state index in [-0.39, 0.29) is 11.9 Å². The Kier molecular flexibility index (Phi) is 5.64. The number of aromatic nitrogens is 4. The second-order valence-corrected chi connectivity index (χ2v) is 8.22. The Morgan fingerprint density at radius 3 is 2.52 bits per heavy atom. The fourth-order valence-corrected chi connectivity index (χ4v) is 4.51. The van der Waals surface area contributed by atoms with E-state index in [0.29, 0.717) is 32.4 Å². The summed E-state index contributed by atoms with van der Waals surface area (Å²) in [6.45, 7) is 3.05. The molecule has 2 heterocycles. The van der Waals surface area contributed by atoms with Crippen LogP contribution in [0.1, 0.15) is 32.6 Å². The number of hydrogen-bond acceptors (Lipinski definition) is 6. The van der Waals surface area contributed by atoms with Gasteiger partial charge in [0.15, 0.2) is 0 Å². The van der Waals surface area contributed by atoms with E-state index in [1.165, 1.54) is 6.33 Å². The molecule has 136 valence electrons. The molecule has 3 rings (SSSR count). The molecule has 25 heavy (non-hydrogen) atoms. The predicted molar refractivity (Wildman–Crippen MR) is 93.1 cm³/mol. The second-order valence-electron chi connectivity index (χ2n) is 6.13. The summed E-state index contributed by atoms with van der Waals surface area (Å²) in [6, 6.07) is 7.52. The van der Waals surface area contributed by atoms with Crippen molar-refractivity contribution in [1.82, 2.24) is 24.5 Å². The SMILES string of the molecule is CCCCS(=O)(=O)N1CCC(Oc2ccc(-n3cnnn3)cc2)CC1. The van der Waals surface area contributed by atoms with E-state index in [4.69, 9.17) is 4.74 Å². The zero-order valence-electron chi connectivity index (χ0n) is 14.3. The molecular weight excluding hydrogens is 342 g/mol. The van der Waals surface area contributed by atoms with Gasteiger partial charge >= 0.3 is 0 Å². The van der Waals surface area contributed by atoms with Gasteiger partial charge in [-0.05, 0) is 54.0 Å². The molecule has 1 aromatic carbocycles. The summed E-state index contributed by atoms with van der Waals surface area (Å²) in [6.07, 6.45) is 4.59. The van der Waals surface area contributed by atoms with Crippen LogP contribution in [-0.2, 0) is 10.0 Å². The smallest absolute Gasteiger partial charge is 0.214 e. The zero-order valence-corrected chi connectivity index (χ0v) is 15.1. The van der Waals surface area contributed by atoms with Crippen LogP contribution in [0.4, 0.5) is 0 Å². The van der Waals surface area contributed by atoms with Crippen LogP contribution in [0, 0.1) is 0 Å². The third kappa shape index (κ3) is 4.55. The van der Waals surface area contributed by atoms with E-state index >= 15 is 0 Å². The molecule has 1 aromatic heterocycles. The number of sulfonamides is 1. The van der Waals surface area contributed by atoms with E-state index in [2.05, 4.69) is 15.5 Å². The largest absolute Gasteiger partial charge is 0.490 e. The van der Waals surface area contributed by atoms with Gasteiger partial charge in [0.2, 0.25) is 10.0 Å². The Hall–Kier alpha value is -2.00. The third-order valence-corrected chi connectivity index (χ3v) is 6.26. The highest BCUT2D eigenvalue weighted by Gasteiger charge is 2.28. The van der Waals surface area contributed by atoms with Crippen LogP contribution < -0.4 is 4.74 Å². The maximum atomic E-state index is 12.2. The molecule has 0 amide bonds. The lowest BCUT2D eigenvalue weighted by atomic mass is 10.1. The van der Waals surface area contributed by atoms with Crippen molar-refractivity contribution in [3.63, 3.8) is 0 Å². The molecule has 0 aliphatic carbocycles. The van der Waals surface area contributed by atoms with Gasteiger partial charge in [0.25, 0.3) is 0 Å². The summed E-state index contributed by atoms with van der Waals surface area (Å²) in [7, 11) is -3.12. The van der Waals surface area contributed by atoms with E-state index in [0.717, 1.165) is 17.9 Å². The van der Waals surface area contributed by atoms with Gasteiger partial charge in [-0.3, -0.25) is 0 Å². The van der Waals surface area contributed by atoms with E-state index in [9.17, 15) is 8.42 Å². The normalized spacial score (nSPS) is 16.8. The lowest BCUT2D eigenvalue weighted by molar-refractivity contribution is 0.135. The van der Waals surface area contributed by atoms with Crippen molar-refractivity contribution < 1.29 is 13.2 Å². The van der Waals surface area contributed by atoms with Gasteiger partial charge in [0.1, 0.15) is 18.2 Å². The highest BCUT2D eigenvalue weighted by molar-refractivity contribution is 7.89. The molecule has 1 fully saturated rings. The zero-order chi connectivity index (χ0) is 17.7. The summed E-state index contributed by atoms with van der Waals surface area (Å²) in [5.41, 5.74) is 0.856. The molecule has 0 radical (unpaired) electrons. The Labute approximate surface area is 147 Å². The summed E-state index contributed by atoms with van der Waals surface area (Å²) < 4.78 is 33.6.